The van der Waals surface area contributed by atoms with Crippen LogP contribution in [0, 0.1) is 0 Å². The smallest absolute Gasteiger partial charge is 0.185 e. The van der Waals surface area contributed by atoms with Crippen LogP contribution in [0.3, 0.4) is 0 Å². The van der Waals surface area contributed by atoms with E-state index in [1.165, 1.54) is 0 Å². The number of aromatic nitrogens is 2. The van der Waals surface area contributed by atoms with Crippen LogP contribution in [-0.4, -0.2) is 28.2 Å². The summed E-state index contributed by atoms with van der Waals surface area (Å²) in [5.41, 5.74) is 3.14. The Morgan fingerprint density at radius 2 is 1.50 bits per heavy atom. The number of fused-ring (bicyclic) bond motifs is 1. The predicted molar refractivity (Wildman–Crippen MR) is 139 cm³/mol. The number of nitrogens with zero attached hydrogens (tertiary/aromatic N) is 5. The fourth-order valence-corrected chi connectivity index (χ4v) is 3.81. The molecule has 0 aliphatic carbocycles. The monoisotopic (exact) mass is 453 g/mol. The number of anilines is 1. The van der Waals surface area contributed by atoms with Gasteiger partial charge in [-0.1, -0.05) is 69.2 Å². The Kier molecular flexibility index (Phi) is 7.81. The highest BCUT2D eigenvalue weighted by molar-refractivity contribution is 5.89. The van der Waals surface area contributed by atoms with Gasteiger partial charge in [-0.2, -0.15) is 0 Å². The van der Waals surface area contributed by atoms with Gasteiger partial charge in [-0.15, -0.1) is 10.2 Å². The van der Waals surface area contributed by atoms with Crippen LogP contribution >= 0.6 is 0 Å². The maximum absolute atomic E-state index is 10.7. The Morgan fingerprint density at radius 1 is 0.794 bits per heavy atom. The Hall–Kier alpha value is -3.80. The second kappa shape index (κ2) is 11.4. The molecule has 0 unspecified atom stereocenters. The highest BCUT2D eigenvalue weighted by atomic mass is 16.3. The van der Waals surface area contributed by atoms with Crippen molar-refractivity contribution in [3.05, 3.63) is 72.8 Å². The lowest BCUT2D eigenvalue weighted by atomic mass is 10.2. The first-order chi connectivity index (χ1) is 16.7. The van der Waals surface area contributed by atoms with E-state index in [-0.39, 0.29) is 5.75 Å². The molecule has 4 rings (SSSR count). The first-order valence-corrected chi connectivity index (χ1v) is 12.0. The van der Waals surface area contributed by atoms with Crippen LogP contribution in [0.1, 0.15) is 39.5 Å². The lowest BCUT2D eigenvalue weighted by molar-refractivity contribution is 0.476. The standard InChI is InChI=1S/C28H31N5O/c1-3-5-18-33(19-6-4-2)22-16-17-25(26(34)20-22)31-32-28-23-14-10-11-15-24(23)29-27(30-28)21-12-8-7-9-13-21/h7-17,20,34H,3-6,18-19H2,1-2H3. The molecule has 174 valence electrons. The molecule has 0 bridgehead atoms. The summed E-state index contributed by atoms with van der Waals surface area (Å²) in [6, 6.07) is 23.2. The zero-order valence-electron chi connectivity index (χ0n) is 19.9. The number of hydrogen-bond donors (Lipinski definition) is 1. The Balaban J connectivity index is 1.65. The van der Waals surface area contributed by atoms with Crippen LogP contribution in [0.15, 0.2) is 83.0 Å². The van der Waals surface area contributed by atoms with Crippen molar-refractivity contribution < 1.29 is 5.11 Å². The largest absolute Gasteiger partial charge is 0.506 e. The summed E-state index contributed by atoms with van der Waals surface area (Å²) >= 11 is 0. The molecule has 1 N–H and O–H groups in total. The van der Waals surface area contributed by atoms with Gasteiger partial charge in [-0.05, 0) is 37.1 Å². The molecule has 34 heavy (non-hydrogen) atoms. The van der Waals surface area contributed by atoms with Crippen LogP contribution in [0.4, 0.5) is 17.2 Å². The average Bonchev–Trinajstić information content (AvgIpc) is 2.88. The van der Waals surface area contributed by atoms with Gasteiger partial charge in [0.15, 0.2) is 11.6 Å². The Bertz CT molecular complexity index is 1250. The fraction of sp³-hybridized carbons (Fsp3) is 0.286. The van der Waals surface area contributed by atoms with Crippen molar-refractivity contribution in [1.29, 1.82) is 0 Å². The summed E-state index contributed by atoms with van der Waals surface area (Å²) in [5.74, 6) is 1.18. The van der Waals surface area contributed by atoms with Gasteiger partial charge in [0.2, 0.25) is 0 Å². The van der Waals surface area contributed by atoms with E-state index in [1.807, 2.05) is 66.7 Å². The van der Waals surface area contributed by atoms with Gasteiger partial charge < -0.3 is 10.0 Å². The van der Waals surface area contributed by atoms with Gasteiger partial charge in [0.1, 0.15) is 11.4 Å². The zero-order valence-corrected chi connectivity index (χ0v) is 19.9. The second-order valence-corrected chi connectivity index (χ2v) is 8.32. The van der Waals surface area contributed by atoms with E-state index in [1.54, 1.807) is 6.07 Å². The number of azo groups is 1. The van der Waals surface area contributed by atoms with E-state index >= 15 is 0 Å². The predicted octanol–water partition coefficient (Wildman–Crippen LogP) is 7.82. The zero-order chi connectivity index (χ0) is 23.8. The molecule has 0 aliphatic rings. The molecule has 0 atom stereocenters. The minimum Gasteiger partial charge on any atom is -0.506 e. The van der Waals surface area contributed by atoms with Gasteiger partial charge >= 0.3 is 0 Å². The van der Waals surface area contributed by atoms with Gasteiger partial charge in [-0.3, -0.25) is 0 Å². The molecular weight excluding hydrogens is 422 g/mol. The molecule has 0 amide bonds. The third kappa shape index (κ3) is 5.57. The van der Waals surface area contributed by atoms with E-state index in [9.17, 15) is 5.11 Å². The van der Waals surface area contributed by atoms with E-state index in [0.29, 0.717) is 17.3 Å². The van der Waals surface area contributed by atoms with E-state index in [0.717, 1.165) is 60.9 Å². The number of aromatic hydroxyl groups is 1. The number of unbranched alkanes of at least 4 members (excludes halogenated alkanes) is 2. The van der Waals surface area contributed by atoms with E-state index < -0.39 is 0 Å². The molecule has 6 heteroatoms. The topological polar surface area (TPSA) is 74.0 Å². The van der Waals surface area contributed by atoms with E-state index in [4.69, 9.17) is 4.98 Å². The highest BCUT2D eigenvalue weighted by Gasteiger charge is 2.11. The molecule has 1 aromatic heterocycles. The summed E-state index contributed by atoms with van der Waals surface area (Å²) in [4.78, 5) is 11.7. The summed E-state index contributed by atoms with van der Waals surface area (Å²) in [6.45, 7) is 6.34. The lowest BCUT2D eigenvalue weighted by Gasteiger charge is -2.25. The number of hydrogen-bond acceptors (Lipinski definition) is 6. The van der Waals surface area contributed by atoms with Crippen molar-refractivity contribution in [3.8, 4) is 17.1 Å². The number of phenolic OH excluding ortho intramolecular Hbond substituents is 1. The molecule has 0 spiro atoms. The van der Waals surface area contributed by atoms with Gasteiger partial charge in [0.25, 0.3) is 0 Å². The maximum atomic E-state index is 10.7. The first kappa shape index (κ1) is 23.4. The first-order valence-electron chi connectivity index (χ1n) is 12.0. The molecule has 4 aromatic rings. The molecule has 0 aliphatic heterocycles. The van der Waals surface area contributed by atoms with Crippen LogP contribution in [-0.2, 0) is 0 Å². The van der Waals surface area contributed by atoms with Crippen molar-refractivity contribution in [2.24, 2.45) is 10.2 Å². The Labute approximate surface area is 201 Å². The highest BCUT2D eigenvalue weighted by Crippen LogP contribution is 2.34. The molecule has 1 heterocycles. The molecule has 0 saturated heterocycles. The number of rotatable bonds is 10. The number of benzene rings is 3. The van der Waals surface area contributed by atoms with Crippen molar-refractivity contribution in [2.45, 2.75) is 39.5 Å². The summed E-state index contributed by atoms with van der Waals surface area (Å²) in [7, 11) is 0. The number of para-hydroxylation sites is 1. The maximum Gasteiger partial charge on any atom is 0.185 e. The summed E-state index contributed by atoms with van der Waals surface area (Å²) in [6.07, 6.45) is 4.52. The summed E-state index contributed by atoms with van der Waals surface area (Å²) < 4.78 is 0. The van der Waals surface area contributed by atoms with Crippen LogP contribution in [0.5, 0.6) is 5.75 Å². The van der Waals surface area contributed by atoms with Crippen molar-refractivity contribution in [1.82, 2.24) is 9.97 Å². The average molecular weight is 454 g/mol. The number of phenols is 1. The molecular formula is C28H31N5O. The third-order valence-corrected chi connectivity index (χ3v) is 5.75. The Morgan fingerprint density at radius 3 is 2.21 bits per heavy atom. The van der Waals surface area contributed by atoms with Gasteiger partial charge in [-0.25, -0.2) is 9.97 Å². The molecule has 6 nitrogen and oxygen atoms in total. The van der Waals surface area contributed by atoms with Crippen LogP contribution < -0.4 is 4.90 Å². The molecule has 0 saturated carbocycles. The fourth-order valence-electron chi connectivity index (χ4n) is 3.81. The van der Waals surface area contributed by atoms with Crippen molar-refractivity contribution >= 4 is 28.1 Å². The van der Waals surface area contributed by atoms with Crippen LogP contribution in [0.2, 0.25) is 0 Å². The van der Waals surface area contributed by atoms with Crippen molar-refractivity contribution in [2.75, 3.05) is 18.0 Å². The van der Waals surface area contributed by atoms with Gasteiger partial charge in [0, 0.05) is 35.8 Å². The quantitative estimate of drug-likeness (QED) is 0.248. The molecule has 3 aromatic carbocycles. The minimum atomic E-state index is 0.112. The van der Waals surface area contributed by atoms with Crippen molar-refractivity contribution in [3.63, 3.8) is 0 Å². The second-order valence-electron chi connectivity index (χ2n) is 8.32. The third-order valence-electron chi connectivity index (χ3n) is 5.75. The molecule has 0 fully saturated rings. The lowest BCUT2D eigenvalue weighted by Crippen LogP contribution is -2.25. The molecule has 0 radical (unpaired) electrons. The van der Waals surface area contributed by atoms with Gasteiger partial charge in [0.05, 0.1) is 5.52 Å². The van der Waals surface area contributed by atoms with Crippen LogP contribution in [0.25, 0.3) is 22.3 Å². The SMILES string of the molecule is CCCCN(CCCC)c1ccc(N=Nc2nc(-c3ccccc3)nc3ccccc23)c(O)c1. The normalized spacial score (nSPS) is 11.4. The minimum absolute atomic E-state index is 0.112. The summed E-state index contributed by atoms with van der Waals surface area (Å²) in [5, 5.41) is 20.3. The van der Waals surface area contributed by atoms with E-state index in [2.05, 4.69) is 34.0 Å².